The Balaban J connectivity index is 3.47. The van der Waals surface area contributed by atoms with Gasteiger partial charge >= 0.3 is 0 Å². The Morgan fingerprint density at radius 3 is 1.21 bits per heavy atom. The van der Waals surface area contributed by atoms with E-state index in [0.29, 0.717) is 0 Å². The van der Waals surface area contributed by atoms with Crippen molar-refractivity contribution in [1.29, 1.82) is 0 Å². The summed E-state index contributed by atoms with van der Waals surface area (Å²) in [6, 6.07) is 0. The van der Waals surface area contributed by atoms with Crippen LogP contribution in [0.1, 0.15) is 41.5 Å². The van der Waals surface area contributed by atoms with Crippen molar-refractivity contribution >= 4 is 19.5 Å². The fourth-order valence-corrected chi connectivity index (χ4v) is 3.01. The van der Waals surface area contributed by atoms with Gasteiger partial charge in [-0.25, -0.2) is 0 Å². The van der Waals surface area contributed by atoms with Crippen LogP contribution in [-0.2, 0) is 8.85 Å². The summed E-state index contributed by atoms with van der Waals surface area (Å²) >= 11 is 0. The normalized spacial score (nSPS) is 15.6. The van der Waals surface area contributed by atoms with E-state index in [1.807, 2.05) is 0 Å². The van der Waals surface area contributed by atoms with Crippen LogP contribution in [0, 0.1) is 0 Å². The van der Waals surface area contributed by atoms with Crippen molar-refractivity contribution in [3.63, 3.8) is 0 Å². The summed E-state index contributed by atoms with van der Waals surface area (Å²) < 4.78 is 11.4. The number of hydrogen-bond acceptors (Lipinski definition) is 2. The topological polar surface area (TPSA) is 18.5 Å². The van der Waals surface area contributed by atoms with E-state index in [9.17, 15) is 0 Å². The SMILES string of the molecule is CC(C)(C)O[SiH2]C=C[SiH2]OC(C)(C)C. The minimum absolute atomic E-state index is 0.0169. The Morgan fingerprint density at radius 1 is 0.714 bits per heavy atom. The van der Waals surface area contributed by atoms with E-state index >= 15 is 0 Å². The molecule has 14 heavy (non-hydrogen) atoms. The van der Waals surface area contributed by atoms with Gasteiger partial charge in [0.15, 0.2) is 19.5 Å². The average molecular weight is 232 g/mol. The van der Waals surface area contributed by atoms with Crippen LogP contribution in [-0.4, -0.2) is 30.7 Å². The summed E-state index contributed by atoms with van der Waals surface area (Å²) in [5.74, 6) is 0. The monoisotopic (exact) mass is 232 g/mol. The smallest absolute Gasteiger partial charge is 0.185 e. The third-order valence-corrected chi connectivity index (χ3v) is 5.18. The molecule has 0 fully saturated rings. The van der Waals surface area contributed by atoms with Crippen molar-refractivity contribution in [2.24, 2.45) is 0 Å². The maximum absolute atomic E-state index is 5.68. The Bertz CT molecular complexity index is 158. The van der Waals surface area contributed by atoms with Crippen molar-refractivity contribution < 1.29 is 8.85 Å². The van der Waals surface area contributed by atoms with Gasteiger partial charge in [-0.05, 0) is 41.5 Å². The van der Waals surface area contributed by atoms with Crippen molar-refractivity contribution in [3.8, 4) is 0 Å². The predicted molar refractivity (Wildman–Crippen MR) is 67.9 cm³/mol. The molecule has 0 aliphatic heterocycles. The van der Waals surface area contributed by atoms with Crippen molar-refractivity contribution in [3.05, 3.63) is 11.4 Å². The standard InChI is InChI=1S/C10H24O2Si2/c1-9(2,3)11-13-7-8-14-12-10(4,5)6/h7-8H,13-14H2,1-6H3. The van der Waals surface area contributed by atoms with Crippen LogP contribution in [0.4, 0.5) is 0 Å². The summed E-state index contributed by atoms with van der Waals surface area (Å²) in [6.07, 6.45) is 0. The fourth-order valence-electron chi connectivity index (χ4n) is 0.732. The third-order valence-electron chi connectivity index (χ3n) is 1.39. The van der Waals surface area contributed by atoms with Gasteiger partial charge in [0.2, 0.25) is 0 Å². The molecule has 0 aromatic rings. The molecule has 0 radical (unpaired) electrons. The van der Waals surface area contributed by atoms with Gasteiger partial charge in [0, 0.05) is 11.2 Å². The molecule has 0 unspecified atom stereocenters. The van der Waals surface area contributed by atoms with Crippen LogP contribution in [0.5, 0.6) is 0 Å². The molecule has 0 N–H and O–H groups in total. The first-order chi connectivity index (χ1) is 6.21. The summed E-state index contributed by atoms with van der Waals surface area (Å²) in [4.78, 5) is 0. The lowest BCUT2D eigenvalue weighted by molar-refractivity contribution is 0.139. The molecule has 0 atom stereocenters. The molecule has 0 aromatic heterocycles. The minimum atomic E-state index is -0.483. The van der Waals surface area contributed by atoms with E-state index in [4.69, 9.17) is 8.85 Å². The Morgan fingerprint density at radius 2 is 1.00 bits per heavy atom. The zero-order valence-electron chi connectivity index (χ0n) is 10.4. The highest BCUT2D eigenvalue weighted by Gasteiger charge is 2.08. The van der Waals surface area contributed by atoms with Gasteiger partial charge in [0.1, 0.15) is 0 Å². The van der Waals surface area contributed by atoms with Crippen LogP contribution >= 0.6 is 0 Å². The molecule has 2 nitrogen and oxygen atoms in total. The molecule has 0 aliphatic carbocycles. The lowest BCUT2D eigenvalue weighted by atomic mass is 10.2. The first-order valence-electron chi connectivity index (χ1n) is 5.14. The summed E-state index contributed by atoms with van der Waals surface area (Å²) in [7, 11) is -0.966. The van der Waals surface area contributed by atoms with Crippen LogP contribution in [0.25, 0.3) is 0 Å². The molecule has 0 aliphatic rings. The van der Waals surface area contributed by atoms with Gasteiger partial charge in [0.05, 0.1) is 0 Å². The van der Waals surface area contributed by atoms with Crippen molar-refractivity contribution in [2.45, 2.75) is 52.7 Å². The van der Waals surface area contributed by atoms with E-state index in [2.05, 4.69) is 52.9 Å². The summed E-state index contributed by atoms with van der Waals surface area (Å²) in [6.45, 7) is 12.6. The lowest BCUT2D eigenvalue weighted by Crippen LogP contribution is -2.22. The van der Waals surface area contributed by atoms with E-state index < -0.39 is 19.5 Å². The molecule has 0 spiro atoms. The summed E-state index contributed by atoms with van der Waals surface area (Å²) in [5.41, 5.74) is 4.43. The molecule has 4 heteroatoms. The Hall–Kier alpha value is 0.0938. The number of hydrogen-bond donors (Lipinski definition) is 0. The van der Waals surface area contributed by atoms with Gasteiger partial charge in [-0.2, -0.15) is 0 Å². The zero-order valence-corrected chi connectivity index (χ0v) is 13.2. The maximum atomic E-state index is 5.68. The molecule has 0 bridgehead atoms. The van der Waals surface area contributed by atoms with Gasteiger partial charge in [0.25, 0.3) is 0 Å². The third kappa shape index (κ3) is 12.1. The second kappa shape index (κ2) is 5.85. The zero-order chi connectivity index (χ0) is 11.2. The highest BCUT2D eigenvalue weighted by Crippen LogP contribution is 2.06. The van der Waals surface area contributed by atoms with Crippen LogP contribution in [0.15, 0.2) is 11.4 Å². The predicted octanol–water partition coefficient (Wildman–Crippen LogP) is 1.26. The highest BCUT2D eigenvalue weighted by molar-refractivity contribution is 6.41. The van der Waals surface area contributed by atoms with Gasteiger partial charge in [-0.1, -0.05) is 11.4 Å². The van der Waals surface area contributed by atoms with Gasteiger partial charge in [-0.15, -0.1) is 0 Å². The van der Waals surface area contributed by atoms with Crippen LogP contribution < -0.4 is 0 Å². The van der Waals surface area contributed by atoms with Crippen molar-refractivity contribution in [1.82, 2.24) is 0 Å². The number of rotatable bonds is 4. The minimum Gasteiger partial charge on any atom is -0.415 e. The second-order valence-corrected chi connectivity index (χ2v) is 7.50. The fraction of sp³-hybridized carbons (Fsp3) is 0.800. The van der Waals surface area contributed by atoms with E-state index in [1.165, 1.54) is 0 Å². The van der Waals surface area contributed by atoms with Crippen LogP contribution in [0.3, 0.4) is 0 Å². The highest BCUT2D eigenvalue weighted by atomic mass is 28.2. The molecule has 0 rings (SSSR count). The molecule has 0 saturated heterocycles. The average Bonchev–Trinajstić information content (AvgIpc) is 1.92. The molecule has 84 valence electrons. The molecule has 0 saturated carbocycles. The second-order valence-electron chi connectivity index (χ2n) is 5.32. The van der Waals surface area contributed by atoms with Crippen LogP contribution in [0.2, 0.25) is 0 Å². The summed E-state index contributed by atoms with van der Waals surface area (Å²) in [5, 5.41) is 0. The van der Waals surface area contributed by atoms with E-state index in [0.717, 1.165) is 0 Å². The maximum Gasteiger partial charge on any atom is 0.185 e. The first-order valence-corrected chi connectivity index (χ1v) is 7.92. The molecular formula is C10H24O2Si2. The van der Waals surface area contributed by atoms with Gasteiger partial charge < -0.3 is 8.85 Å². The molecular weight excluding hydrogens is 208 g/mol. The molecule has 0 heterocycles. The Kier molecular flexibility index (Phi) is 5.89. The largest absolute Gasteiger partial charge is 0.415 e. The van der Waals surface area contributed by atoms with Gasteiger partial charge in [-0.3, -0.25) is 0 Å². The molecule has 0 aromatic carbocycles. The van der Waals surface area contributed by atoms with Crippen molar-refractivity contribution in [2.75, 3.05) is 0 Å². The first kappa shape index (κ1) is 14.1. The Labute approximate surface area is 93.0 Å². The quantitative estimate of drug-likeness (QED) is 0.680. The molecule has 0 amide bonds. The van der Waals surface area contributed by atoms with E-state index in [-0.39, 0.29) is 11.2 Å². The van der Waals surface area contributed by atoms with E-state index in [1.54, 1.807) is 0 Å². The lowest BCUT2D eigenvalue weighted by Gasteiger charge is -2.19.